The van der Waals surface area contributed by atoms with Crippen LogP contribution >= 0.6 is 0 Å². The van der Waals surface area contributed by atoms with E-state index in [0.717, 1.165) is 22.4 Å². The molecule has 5 nitrogen and oxygen atoms in total. The van der Waals surface area contributed by atoms with Crippen molar-refractivity contribution >= 4 is 22.6 Å². The predicted molar refractivity (Wildman–Crippen MR) is 101 cm³/mol. The summed E-state index contributed by atoms with van der Waals surface area (Å²) in [5, 5.41) is 3.87. The van der Waals surface area contributed by atoms with E-state index in [9.17, 15) is 9.59 Å². The molecule has 0 bridgehead atoms. The van der Waals surface area contributed by atoms with Gasteiger partial charge in [0.1, 0.15) is 17.6 Å². The standard InChI is InChI=1S/C21H24N2O3/c1-4-19(21(25)22-12-11-16-10-9-14(2)26-16)23-13-18(15(3)24)17-7-5-6-8-20(17)23/h5-10,13,19H,4,11-12H2,1-3H3,(H,22,25). The zero-order valence-electron chi connectivity index (χ0n) is 15.4. The largest absolute Gasteiger partial charge is 0.466 e. The molecule has 1 unspecified atom stereocenters. The summed E-state index contributed by atoms with van der Waals surface area (Å²) >= 11 is 0. The van der Waals surface area contributed by atoms with E-state index >= 15 is 0 Å². The number of hydrogen-bond acceptors (Lipinski definition) is 3. The molecule has 0 aliphatic heterocycles. The third-order valence-electron chi connectivity index (χ3n) is 4.61. The number of carbonyl (C=O) groups excluding carboxylic acids is 2. The molecule has 0 saturated carbocycles. The molecule has 2 aromatic heterocycles. The van der Waals surface area contributed by atoms with Crippen LogP contribution in [0, 0.1) is 6.92 Å². The van der Waals surface area contributed by atoms with E-state index in [1.165, 1.54) is 0 Å². The topological polar surface area (TPSA) is 64.2 Å². The first kappa shape index (κ1) is 18.0. The van der Waals surface area contributed by atoms with Gasteiger partial charge in [0.15, 0.2) is 5.78 Å². The minimum Gasteiger partial charge on any atom is -0.466 e. The molecule has 1 amide bonds. The molecule has 5 heteroatoms. The van der Waals surface area contributed by atoms with Crippen LogP contribution in [0.25, 0.3) is 10.9 Å². The number of amides is 1. The maximum absolute atomic E-state index is 12.7. The number of ketones is 1. The van der Waals surface area contributed by atoms with Crippen LogP contribution in [0.3, 0.4) is 0 Å². The maximum Gasteiger partial charge on any atom is 0.243 e. The van der Waals surface area contributed by atoms with Gasteiger partial charge >= 0.3 is 0 Å². The lowest BCUT2D eigenvalue weighted by atomic mass is 10.1. The zero-order valence-corrected chi connectivity index (χ0v) is 15.4. The Labute approximate surface area is 153 Å². The smallest absolute Gasteiger partial charge is 0.243 e. The number of para-hydroxylation sites is 1. The molecule has 3 rings (SSSR count). The number of aryl methyl sites for hydroxylation is 1. The normalized spacial score (nSPS) is 12.3. The van der Waals surface area contributed by atoms with Crippen molar-refractivity contribution in [2.24, 2.45) is 0 Å². The average Bonchev–Trinajstić information content (AvgIpc) is 3.20. The number of furan rings is 1. The highest BCUT2D eigenvalue weighted by atomic mass is 16.3. The number of carbonyl (C=O) groups is 2. The van der Waals surface area contributed by atoms with Crippen LogP contribution in [0.15, 0.2) is 47.0 Å². The van der Waals surface area contributed by atoms with Gasteiger partial charge in [-0.1, -0.05) is 25.1 Å². The second kappa shape index (κ2) is 7.60. The van der Waals surface area contributed by atoms with Crippen molar-refractivity contribution < 1.29 is 14.0 Å². The summed E-state index contributed by atoms with van der Waals surface area (Å²) in [4.78, 5) is 24.7. The fourth-order valence-electron chi connectivity index (χ4n) is 3.30. The Morgan fingerprint density at radius 1 is 1.19 bits per heavy atom. The van der Waals surface area contributed by atoms with Gasteiger partial charge in [-0.2, -0.15) is 0 Å². The summed E-state index contributed by atoms with van der Waals surface area (Å²) in [5.41, 5.74) is 1.55. The van der Waals surface area contributed by atoms with Crippen LogP contribution in [-0.4, -0.2) is 22.8 Å². The van der Waals surface area contributed by atoms with Gasteiger partial charge in [0.2, 0.25) is 5.91 Å². The summed E-state index contributed by atoms with van der Waals surface area (Å²) in [6.07, 6.45) is 3.10. The lowest BCUT2D eigenvalue weighted by Crippen LogP contribution is -2.33. The van der Waals surface area contributed by atoms with Crippen molar-refractivity contribution in [3.8, 4) is 0 Å². The van der Waals surface area contributed by atoms with Crippen LogP contribution in [0.4, 0.5) is 0 Å². The van der Waals surface area contributed by atoms with Crippen LogP contribution < -0.4 is 5.32 Å². The molecule has 1 atom stereocenters. The van der Waals surface area contributed by atoms with Crippen molar-refractivity contribution in [3.05, 3.63) is 59.7 Å². The Morgan fingerprint density at radius 2 is 1.96 bits per heavy atom. The molecule has 3 aromatic rings. The molecule has 1 aromatic carbocycles. The SMILES string of the molecule is CCC(C(=O)NCCc1ccc(C)o1)n1cc(C(C)=O)c2ccccc21. The lowest BCUT2D eigenvalue weighted by Gasteiger charge is -2.18. The number of nitrogens with one attached hydrogen (secondary N) is 1. The number of nitrogens with zero attached hydrogens (tertiary/aromatic N) is 1. The Hall–Kier alpha value is -2.82. The Morgan fingerprint density at radius 3 is 2.62 bits per heavy atom. The van der Waals surface area contributed by atoms with E-state index in [0.29, 0.717) is 24.9 Å². The molecule has 0 fully saturated rings. The van der Waals surface area contributed by atoms with Crippen LogP contribution in [-0.2, 0) is 11.2 Å². The van der Waals surface area contributed by atoms with E-state index in [1.54, 1.807) is 13.1 Å². The third kappa shape index (κ3) is 3.57. The summed E-state index contributed by atoms with van der Waals surface area (Å²) < 4.78 is 7.45. The summed E-state index contributed by atoms with van der Waals surface area (Å²) in [6, 6.07) is 11.2. The predicted octanol–water partition coefficient (Wildman–Crippen LogP) is 4.06. The minimum absolute atomic E-state index is 0.00315. The highest BCUT2D eigenvalue weighted by Gasteiger charge is 2.22. The molecule has 0 saturated heterocycles. The van der Waals surface area contributed by atoms with Gasteiger partial charge in [-0.25, -0.2) is 0 Å². The van der Waals surface area contributed by atoms with Crippen molar-refractivity contribution in [2.75, 3.05) is 6.54 Å². The third-order valence-corrected chi connectivity index (χ3v) is 4.61. The molecule has 0 aliphatic rings. The summed E-state index contributed by atoms with van der Waals surface area (Å²) in [6.45, 7) is 5.95. The molecule has 0 spiro atoms. The number of Topliss-reactive ketones (excluding diaryl/α,β-unsaturated/α-hetero) is 1. The average molecular weight is 352 g/mol. The fraction of sp³-hybridized carbons (Fsp3) is 0.333. The van der Waals surface area contributed by atoms with E-state index in [4.69, 9.17) is 4.42 Å². The van der Waals surface area contributed by atoms with Gasteiger partial charge in [0.25, 0.3) is 0 Å². The Bertz CT molecular complexity index is 936. The highest BCUT2D eigenvalue weighted by molar-refractivity contribution is 6.07. The Balaban J connectivity index is 1.78. The van der Waals surface area contributed by atoms with Crippen molar-refractivity contribution in [3.63, 3.8) is 0 Å². The van der Waals surface area contributed by atoms with Crippen molar-refractivity contribution in [1.29, 1.82) is 0 Å². The highest BCUT2D eigenvalue weighted by Crippen LogP contribution is 2.26. The molecular weight excluding hydrogens is 328 g/mol. The number of hydrogen-bond donors (Lipinski definition) is 1. The van der Waals surface area contributed by atoms with Crippen molar-refractivity contribution in [1.82, 2.24) is 9.88 Å². The van der Waals surface area contributed by atoms with Gasteiger partial charge in [0, 0.05) is 35.6 Å². The molecule has 0 radical (unpaired) electrons. The molecule has 136 valence electrons. The summed E-state index contributed by atoms with van der Waals surface area (Å²) in [5.74, 6) is 1.68. The Kier molecular flexibility index (Phi) is 5.26. The quantitative estimate of drug-likeness (QED) is 0.652. The van der Waals surface area contributed by atoms with E-state index in [1.807, 2.05) is 54.8 Å². The number of aromatic nitrogens is 1. The first-order valence-electron chi connectivity index (χ1n) is 8.94. The second-order valence-electron chi connectivity index (χ2n) is 6.50. The van der Waals surface area contributed by atoms with E-state index < -0.39 is 0 Å². The number of fused-ring (bicyclic) bond motifs is 1. The minimum atomic E-state index is -0.355. The number of rotatable bonds is 7. The van der Waals surface area contributed by atoms with Gasteiger partial charge < -0.3 is 14.3 Å². The number of benzene rings is 1. The molecule has 2 heterocycles. The van der Waals surface area contributed by atoms with Gasteiger partial charge in [-0.3, -0.25) is 9.59 Å². The molecule has 0 aliphatic carbocycles. The first-order chi connectivity index (χ1) is 12.5. The monoisotopic (exact) mass is 352 g/mol. The lowest BCUT2D eigenvalue weighted by molar-refractivity contribution is -0.124. The first-order valence-corrected chi connectivity index (χ1v) is 8.94. The van der Waals surface area contributed by atoms with Crippen LogP contribution in [0.5, 0.6) is 0 Å². The van der Waals surface area contributed by atoms with Crippen LogP contribution in [0.1, 0.15) is 48.2 Å². The van der Waals surface area contributed by atoms with Gasteiger partial charge in [-0.05, 0) is 38.5 Å². The van der Waals surface area contributed by atoms with Crippen molar-refractivity contribution in [2.45, 2.75) is 39.7 Å². The molecular formula is C21H24N2O3. The maximum atomic E-state index is 12.7. The van der Waals surface area contributed by atoms with Crippen LogP contribution in [0.2, 0.25) is 0 Å². The second-order valence-corrected chi connectivity index (χ2v) is 6.50. The molecule has 26 heavy (non-hydrogen) atoms. The van der Waals surface area contributed by atoms with Gasteiger partial charge in [-0.15, -0.1) is 0 Å². The van der Waals surface area contributed by atoms with Gasteiger partial charge in [0.05, 0.1) is 0 Å². The summed E-state index contributed by atoms with van der Waals surface area (Å²) in [7, 11) is 0. The zero-order chi connectivity index (χ0) is 18.7. The van der Waals surface area contributed by atoms with E-state index in [2.05, 4.69) is 5.32 Å². The van der Waals surface area contributed by atoms with E-state index in [-0.39, 0.29) is 17.7 Å². The fourth-order valence-corrected chi connectivity index (χ4v) is 3.30. The molecule has 1 N–H and O–H groups in total.